The maximum atomic E-state index is 5.38. The van der Waals surface area contributed by atoms with Gasteiger partial charge in [0.1, 0.15) is 0 Å². The maximum absolute atomic E-state index is 5.38. The summed E-state index contributed by atoms with van der Waals surface area (Å²) in [5.74, 6) is 0.703. The van der Waals surface area contributed by atoms with Crippen molar-refractivity contribution < 1.29 is 0 Å². The van der Waals surface area contributed by atoms with Crippen molar-refractivity contribution in [3.63, 3.8) is 0 Å². The summed E-state index contributed by atoms with van der Waals surface area (Å²) in [5, 5.41) is 8.28. The van der Waals surface area contributed by atoms with E-state index < -0.39 is 0 Å². The van der Waals surface area contributed by atoms with Crippen LogP contribution in [0.3, 0.4) is 0 Å². The highest BCUT2D eigenvalue weighted by Gasteiger charge is 2.37. The highest BCUT2D eigenvalue weighted by Crippen LogP contribution is 2.52. The number of hydrogen-bond acceptors (Lipinski definition) is 2. The summed E-state index contributed by atoms with van der Waals surface area (Å²) < 4.78 is 7.45. The van der Waals surface area contributed by atoms with Crippen molar-refractivity contribution in [3.05, 3.63) is 307 Å². The lowest BCUT2D eigenvalue weighted by Gasteiger charge is -2.22. The molecule has 91 heavy (non-hydrogen) atoms. The molecule has 0 atom stereocenters. The van der Waals surface area contributed by atoms with Gasteiger partial charge in [-0.25, -0.2) is 9.97 Å². The van der Waals surface area contributed by atoms with E-state index in [4.69, 9.17) is 9.97 Å². The fourth-order valence-electron chi connectivity index (χ4n) is 16.0. The summed E-state index contributed by atoms with van der Waals surface area (Å²) in [5.41, 5.74) is 29.2. The van der Waals surface area contributed by atoms with Gasteiger partial charge in [0.15, 0.2) is 5.82 Å². The van der Waals surface area contributed by atoms with E-state index in [2.05, 4.69) is 320 Å². The third kappa shape index (κ3) is 7.52. The summed E-state index contributed by atoms with van der Waals surface area (Å²) in [4.78, 5) is 10.6. The van der Waals surface area contributed by atoms with Crippen LogP contribution in [0.2, 0.25) is 0 Å². The van der Waals surface area contributed by atoms with Gasteiger partial charge in [0.05, 0.1) is 44.3 Å². The average Bonchev–Trinajstić information content (AvgIpc) is 1.61. The fraction of sp³-hybridized carbons (Fsp3) is 0.0698. The van der Waals surface area contributed by atoms with Crippen LogP contribution in [-0.2, 0) is 10.8 Å². The van der Waals surface area contributed by atoms with E-state index in [1.165, 1.54) is 110 Å². The molecule has 0 fully saturated rings. The summed E-state index contributed by atoms with van der Waals surface area (Å²) in [7, 11) is 0. The Morgan fingerprint density at radius 3 is 1.08 bits per heavy atom. The first-order chi connectivity index (χ1) is 44.6. The molecule has 0 saturated heterocycles. The van der Waals surface area contributed by atoms with E-state index >= 15 is 0 Å². The van der Waals surface area contributed by atoms with Crippen LogP contribution in [0.5, 0.6) is 0 Å². The summed E-state index contributed by atoms with van der Waals surface area (Å²) >= 11 is 0. The summed E-state index contributed by atoms with van der Waals surface area (Å²) in [6, 6.07) is 106. The van der Waals surface area contributed by atoms with Crippen LogP contribution in [0, 0.1) is 0 Å². The molecule has 5 nitrogen and oxygen atoms in total. The Morgan fingerprint density at radius 2 is 0.604 bits per heavy atom. The molecule has 2 aliphatic carbocycles. The molecule has 0 aliphatic heterocycles. The molecule has 13 aromatic carbocycles. The molecule has 428 valence electrons. The molecule has 0 radical (unpaired) electrons. The van der Waals surface area contributed by atoms with Crippen LogP contribution in [0.15, 0.2) is 285 Å². The third-order valence-electron chi connectivity index (χ3n) is 20.4. The Hall–Kier alpha value is -11.4. The lowest BCUT2D eigenvalue weighted by atomic mass is 9.82. The first-order valence-corrected chi connectivity index (χ1v) is 31.7. The van der Waals surface area contributed by atoms with E-state index in [9.17, 15) is 0 Å². The van der Waals surface area contributed by atoms with Crippen molar-refractivity contribution in [3.8, 4) is 84.2 Å². The van der Waals surface area contributed by atoms with Crippen LogP contribution in [0.25, 0.3) is 161 Å². The first-order valence-electron chi connectivity index (χ1n) is 31.7. The normalized spacial score (nSPS) is 13.7. The minimum Gasteiger partial charge on any atom is -0.309 e. The molecule has 0 spiro atoms. The second-order valence-electron chi connectivity index (χ2n) is 26.1. The van der Waals surface area contributed by atoms with Crippen LogP contribution >= 0.6 is 0 Å². The van der Waals surface area contributed by atoms with Crippen molar-refractivity contribution in [2.24, 2.45) is 0 Å². The van der Waals surface area contributed by atoms with Crippen molar-refractivity contribution >= 4 is 76.3 Å². The molecule has 4 heterocycles. The van der Waals surface area contributed by atoms with Crippen LogP contribution in [0.4, 0.5) is 0 Å². The first kappa shape index (κ1) is 51.6. The van der Waals surface area contributed by atoms with Gasteiger partial charge in [0.2, 0.25) is 0 Å². The Balaban J connectivity index is 0.813. The average molecular weight is 1160 g/mol. The number of hydrogen-bond donors (Lipinski definition) is 0. The number of fused-ring (bicyclic) bond motifs is 16. The zero-order chi connectivity index (χ0) is 60.4. The largest absolute Gasteiger partial charge is 0.309 e. The molecule has 5 heteroatoms. The third-order valence-corrected chi connectivity index (χ3v) is 20.4. The zero-order valence-corrected chi connectivity index (χ0v) is 50.9. The molecule has 17 aromatic rings. The quantitative estimate of drug-likeness (QED) is 0.160. The summed E-state index contributed by atoms with van der Waals surface area (Å²) in [6.07, 6.45) is 0. The van der Waals surface area contributed by atoms with Gasteiger partial charge in [-0.1, -0.05) is 234 Å². The molecule has 19 rings (SSSR count). The van der Waals surface area contributed by atoms with E-state index in [0.717, 1.165) is 66.7 Å². The molecule has 0 saturated carbocycles. The van der Waals surface area contributed by atoms with Crippen molar-refractivity contribution in [2.75, 3.05) is 0 Å². The van der Waals surface area contributed by atoms with Gasteiger partial charge in [-0.3, -0.25) is 0 Å². The van der Waals surface area contributed by atoms with Gasteiger partial charge in [0, 0.05) is 76.7 Å². The van der Waals surface area contributed by atoms with E-state index in [1.807, 2.05) is 6.07 Å². The van der Waals surface area contributed by atoms with Crippen LogP contribution in [0.1, 0.15) is 49.9 Å². The molecular weight excluding hydrogens is 1100 g/mol. The van der Waals surface area contributed by atoms with Gasteiger partial charge >= 0.3 is 0 Å². The smallest absolute Gasteiger partial charge is 0.160 e. The van der Waals surface area contributed by atoms with Gasteiger partial charge in [0.25, 0.3) is 0 Å². The minimum absolute atomic E-state index is 0.128. The highest BCUT2D eigenvalue weighted by atomic mass is 15.0. The SMILES string of the molecule is CC1(C)c2ccccc2-c2ccc(-n3c4ccccc4c4ccc(-c5ccc6c7ccc(-c8ccc9c%10ccccc%10n(-c%10ccc%11c(c%10)C(C)(C)c%10ccccc%10-%11)c9c8)cc7n(-c7ccc8nc(-c9ccccc9)nc(-c9ccccc9)c8c7)c6c5)cc43)cc21. The van der Waals surface area contributed by atoms with Crippen LogP contribution < -0.4 is 0 Å². The van der Waals surface area contributed by atoms with E-state index in [1.54, 1.807) is 0 Å². The molecule has 0 amide bonds. The molecule has 0 N–H and O–H groups in total. The van der Waals surface area contributed by atoms with Crippen LogP contribution in [-0.4, -0.2) is 23.7 Å². The number of aromatic nitrogens is 5. The summed E-state index contributed by atoms with van der Waals surface area (Å²) in [6.45, 7) is 9.47. The molecule has 2 aliphatic rings. The van der Waals surface area contributed by atoms with E-state index in [0.29, 0.717) is 5.82 Å². The van der Waals surface area contributed by atoms with Gasteiger partial charge < -0.3 is 13.7 Å². The number of rotatable bonds is 7. The number of benzene rings is 13. The Bertz CT molecular complexity index is 5670. The van der Waals surface area contributed by atoms with Crippen molar-refractivity contribution in [1.82, 2.24) is 23.7 Å². The van der Waals surface area contributed by atoms with Gasteiger partial charge in [-0.2, -0.15) is 0 Å². The van der Waals surface area contributed by atoms with Crippen molar-refractivity contribution in [1.29, 1.82) is 0 Å². The lowest BCUT2D eigenvalue weighted by molar-refractivity contribution is 0.660. The monoisotopic (exact) mass is 1160 g/mol. The predicted molar refractivity (Wildman–Crippen MR) is 379 cm³/mol. The predicted octanol–water partition coefficient (Wildman–Crippen LogP) is 22.2. The number of para-hydroxylation sites is 2. The Kier molecular flexibility index (Phi) is 10.8. The zero-order valence-electron chi connectivity index (χ0n) is 50.9. The van der Waals surface area contributed by atoms with E-state index in [-0.39, 0.29) is 10.8 Å². The second-order valence-corrected chi connectivity index (χ2v) is 26.1. The maximum Gasteiger partial charge on any atom is 0.160 e. The molecule has 4 aromatic heterocycles. The Labute approximate surface area is 527 Å². The lowest BCUT2D eigenvalue weighted by Crippen LogP contribution is -2.15. The molecule has 0 unspecified atom stereocenters. The fourth-order valence-corrected chi connectivity index (χ4v) is 16.0. The molecular formula is C86H59N5. The topological polar surface area (TPSA) is 40.6 Å². The second kappa shape index (κ2) is 19.1. The Morgan fingerprint density at radius 1 is 0.242 bits per heavy atom. The van der Waals surface area contributed by atoms with Crippen molar-refractivity contribution in [2.45, 2.75) is 38.5 Å². The molecule has 0 bridgehead atoms. The highest BCUT2D eigenvalue weighted by molar-refractivity contribution is 6.14. The van der Waals surface area contributed by atoms with Gasteiger partial charge in [-0.15, -0.1) is 0 Å². The standard InChI is InChI=1S/C86H59N5/c1-85(2)72-27-15-11-23-61(72)63-42-35-59(50-74(63)85)89-77-29-17-13-25-65(77)67-38-31-54(45-79(67)89)56-33-40-69-70-41-34-57(48-82(70)91(81(69)47-56)58-37-44-76-71(49-58)83(52-19-7-5-8-20-52)88-84(87-76)53-21-9-6-10-22-53)55-32-39-68-66-26-14-18-30-78(66)90(80(68)46-55)60-36-43-64-62-24-12-16-28-73(62)86(3,4)75(64)51-60/h5-51H,1-4H3. The minimum atomic E-state index is -0.128. The van der Waals surface area contributed by atoms with Gasteiger partial charge in [-0.05, 0) is 146 Å². The number of nitrogens with zero attached hydrogens (tertiary/aromatic N) is 5.